The van der Waals surface area contributed by atoms with E-state index in [-0.39, 0.29) is 15.5 Å². The molecule has 1 N–H and O–H groups in total. The number of nitrogens with zero attached hydrogens (tertiary/aromatic N) is 3. The molecule has 0 saturated heterocycles. The molecule has 1 heterocycles. The van der Waals surface area contributed by atoms with Crippen molar-refractivity contribution in [2.24, 2.45) is 7.05 Å². The van der Waals surface area contributed by atoms with Gasteiger partial charge in [-0.25, -0.2) is 17.8 Å². The first kappa shape index (κ1) is 15.2. The standard InChI is InChI=1S/C10H16BrClN4O2S/c1-16-9(8(11)13-15-16)19(17,18)14-10(7-12)5-3-2-4-6-10/h14H,2-7H2,1H3. The summed E-state index contributed by atoms with van der Waals surface area (Å²) in [7, 11) is -2.15. The van der Waals surface area contributed by atoms with Gasteiger partial charge in [0.2, 0.25) is 5.03 Å². The molecule has 0 aromatic carbocycles. The van der Waals surface area contributed by atoms with Gasteiger partial charge in [0, 0.05) is 18.5 Å². The molecule has 0 spiro atoms. The van der Waals surface area contributed by atoms with Gasteiger partial charge in [0.05, 0.1) is 0 Å². The average Bonchev–Trinajstić information content (AvgIpc) is 2.70. The molecule has 1 aliphatic carbocycles. The molecule has 1 fully saturated rings. The van der Waals surface area contributed by atoms with Crippen molar-refractivity contribution in [3.8, 4) is 0 Å². The molecule has 19 heavy (non-hydrogen) atoms. The van der Waals surface area contributed by atoms with E-state index in [0.29, 0.717) is 0 Å². The molecule has 0 atom stereocenters. The number of nitrogens with one attached hydrogen (secondary N) is 1. The normalized spacial score (nSPS) is 19.5. The second-order valence-corrected chi connectivity index (χ2v) is 7.51. The third kappa shape index (κ3) is 3.12. The third-order valence-electron chi connectivity index (χ3n) is 3.41. The maximum absolute atomic E-state index is 12.5. The Morgan fingerprint density at radius 1 is 1.42 bits per heavy atom. The summed E-state index contributed by atoms with van der Waals surface area (Å²) in [4.78, 5) is 0. The van der Waals surface area contributed by atoms with Crippen LogP contribution in [0.5, 0.6) is 0 Å². The second-order valence-electron chi connectivity index (χ2n) is 4.89. The summed E-state index contributed by atoms with van der Waals surface area (Å²) in [5.74, 6) is 0.273. The fourth-order valence-electron chi connectivity index (χ4n) is 2.43. The number of aryl methyl sites for hydroxylation is 1. The summed E-state index contributed by atoms with van der Waals surface area (Å²) in [6.45, 7) is 0. The quantitative estimate of drug-likeness (QED) is 0.819. The van der Waals surface area contributed by atoms with Crippen LogP contribution in [-0.2, 0) is 17.1 Å². The van der Waals surface area contributed by atoms with E-state index < -0.39 is 15.6 Å². The van der Waals surface area contributed by atoms with Gasteiger partial charge in [0.15, 0.2) is 4.60 Å². The van der Waals surface area contributed by atoms with E-state index in [0.717, 1.165) is 32.1 Å². The smallest absolute Gasteiger partial charge is 0.235 e. The summed E-state index contributed by atoms with van der Waals surface area (Å²) in [5.41, 5.74) is -0.553. The molecule has 1 saturated carbocycles. The Morgan fingerprint density at radius 3 is 2.53 bits per heavy atom. The summed E-state index contributed by atoms with van der Waals surface area (Å²) in [6, 6.07) is 0. The number of hydrogen-bond donors (Lipinski definition) is 1. The highest BCUT2D eigenvalue weighted by Gasteiger charge is 2.37. The van der Waals surface area contributed by atoms with Gasteiger partial charge >= 0.3 is 0 Å². The molecule has 1 aromatic rings. The number of sulfonamides is 1. The molecule has 6 nitrogen and oxygen atoms in total. The van der Waals surface area contributed by atoms with Crippen LogP contribution in [0.3, 0.4) is 0 Å². The van der Waals surface area contributed by atoms with Gasteiger partial charge in [0.25, 0.3) is 10.0 Å². The Hall–Kier alpha value is -0.180. The lowest BCUT2D eigenvalue weighted by Gasteiger charge is -2.35. The van der Waals surface area contributed by atoms with E-state index in [9.17, 15) is 8.42 Å². The number of aromatic nitrogens is 3. The van der Waals surface area contributed by atoms with Crippen LogP contribution in [0.4, 0.5) is 0 Å². The van der Waals surface area contributed by atoms with E-state index in [2.05, 4.69) is 31.0 Å². The minimum Gasteiger partial charge on any atom is -0.235 e. The van der Waals surface area contributed by atoms with Gasteiger partial charge in [-0.2, -0.15) is 0 Å². The molecular formula is C10H16BrClN4O2S. The van der Waals surface area contributed by atoms with Crippen LogP contribution in [0.1, 0.15) is 32.1 Å². The fourth-order valence-corrected chi connectivity index (χ4v) is 5.40. The predicted octanol–water partition coefficient (Wildman–Crippen LogP) is 1.80. The summed E-state index contributed by atoms with van der Waals surface area (Å²) in [6.07, 6.45) is 4.62. The highest BCUT2D eigenvalue weighted by atomic mass is 79.9. The van der Waals surface area contributed by atoms with E-state index in [1.165, 1.54) is 4.68 Å². The second kappa shape index (κ2) is 5.67. The molecule has 1 aliphatic rings. The van der Waals surface area contributed by atoms with Crippen molar-refractivity contribution in [1.29, 1.82) is 0 Å². The minimum absolute atomic E-state index is 0.0302. The summed E-state index contributed by atoms with van der Waals surface area (Å²) < 4.78 is 29.1. The molecule has 0 bridgehead atoms. The number of alkyl halides is 1. The van der Waals surface area contributed by atoms with Crippen molar-refractivity contribution in [3.63, 3.8) is 0 Å². The van der Waals surface area contributed by atoms with E-state index >= 15 is 0 Å². The lowest BCUT2D eigenvalue weighted by molar-refractivity contribution is 0.297. The number of halogens is 2. The van der Waals surface area contributed by atoms with Crippen molar-refractivity contribution < 1.29 is 8.42 Å². The van der Waals surface area contributed by atoms with E-state index in [4.69, 9.17) is 11.6 Å². The van der Waals surface area contributed by atoms with Crippen molar-refractivity contribution in [2.75, 3.05) is 5.88 Å². The van der Waals surface area contributed by atoms with Crippen molar-refractivity contribution >= 4 is 37.6 Å². The monoisotopic (exact) mass is 370 g/mol. The average molecular weight is 372 g/mol. The van der Waals surface area contributed by atoms with Crippen LogP contribution < -0.4 is 4.72 Å². The number of hydrogen-bond acceptors (Lipinski definition) is 4. The zero-order valence-electron chi connectivity index (χ0n) is 10.6. The van der Waals surface area contributed by atoms with Crippen LogP contribution in [0.2, 0.25) is 0 Å². The Morgan fingerprint density at radius 2 is 2.05 bits per heavy atom. The Balaban J connectivity index is 2.30. The van der Waals surface area contributed by atoms with Gasteiger partial charge in [0.1, 0.15) is 0 Å². The first-order valence-corrected chi connectivity index (χ1v) is 8.86. The highest BCUT2D eigenvalue weighted by Crippen LogP contribution is 2.31. The van der Waals surface area contributed by atoms with Crippen molar-refractivity contribution in [3.05, 3.63) is 4.60 Å². The lowest BCUT2D eigenvalue weighted by Crippen LogP contribution is -2.51. The van der Waals surface area contributed by atoms with Gasteiger partial charge in [-0.05, 0) is 28.8 Å². The van der Waals surface area contributed by atoms with Gasteiger partial charge in [-0.1, -0.05) is 24.5 Å². The van der Waals surface area contributed by atoms with Crippen LogP contribution in [-0.4, -0.2) is 34.8 Å². The molecular weight excluding hydrogens is 356 g/mol. The Kier molecular flexibility index (Phi) is 4.54. The van der Waals surface area contributed by atoms with E-state index in [1.807, 2.05) is 0 Å². The maximum Gasteiger partial charge on any atom is 0.261 e. The fraction of sp³-hybridized carbons (Fsp3) is 0.800. The van der Waals surface area contributed by atoms with Gasteiger partial charge < -0.3 is 0 Å². The van der Waals surface area contributed by atoms with E-state index in [1.54, 1.807) is 7.05 Å². The zero-order valence-corrected chi connectivity index (χ0v) is 13.7. The van der Waals surface area contributed by atoms with Crippen LogP contribution in [0.25, 0.3) is 0 Å². The Bertz CT molecular complexity index is 534. The molecule has 1 aromatic heterocycles. The topological polar surface area (TPSA) is 76.9 Å². The molecule has 9 heteroatoms. The molecule has 0 radical (unpaired) electrons. The molecule has 108 valence electrons. The maximum atomic E-state index is 12.5. The zero-order chi connectivity index (χ0) is 14.1. The van der Waals surface area contributed by atoms with Crippen molar-refractivity contribution in [2.45, 2.75) is 42.7 Å². The minimum atomic E-state index is -3.69. The number of rotatable bonds is 4. The SMILES string of the molecule is Cn1nnc(Br)c1S(=O)(=O)NC1(CCl)CCCCC1. The lowest BCUT2D eigenvalue weighted by atomic mass is 9.84. The first-order valence-electron chi connectivity index (χ1n) is 6.05. The molecule has 0 aliphatic heterocycles. The van der Waals surface area contributed by atoms with Gasteiger partial charge in [-0.3, -0.25) is 0 Å². The molecule has 0 unspecified atom stereocenters. The summed E-state index contributed by atoms with van der Waals surface area (Å²) in [5, 5.41) is 7.42. The molecule has 0 amide bonds. The summed E-state index contributed by atoms with van der Waals surface area (Å²) >= 11 is 9.12. The predicted molar refractivity (Wildman–Crippen MR) is 75.6 cm³/mol. The van der Waals surface area contributed by atoms with Crippen LogP contribution in [0.15, 0.2) is 9.63 Å². The first-order chi connectivity index (χ1) is 8.90. The van der Waals surface area contributed by atoms with Crippen LogP contribution in [0, 0.1) is 0 Å². The van der Waals surface area contributed by atoms with Crippen molar-refractivity contribution in [1.82, 2.24) is 19.7 Å². The third-order valence-corrected chi connectivity index (χ3v) is 6.39. The van der Waals surface area contributed by atoms with Gasteiger partial charge in [-0.15, -0.1) is 16.7 Å². The van der Waals surface area contributed by atoms with Crippen LogP contribution >= 0.6 is 27.5 Å². The molecule has 2 rings (SSSR count). The largest absolute Gasteiger partial charge is 0.261 e. The highest BCUT2D eigenvalue weighted by molar-refractivity contribution is 9.10. The Labute approximate surface area is 126 Å².